The average molecular weight is 372 g/mol. The first-order chi connectivity index (χ1) is 12.5. The molecule has 0 spiro atoms. The second-order valence-corrected chi connectivity index (χ2v) is 7.28. The zero-order valence-corrected chi connectivity index (χ0v) is 16.2. The first kappa shape index (κ1) is 18.5. The van der Waals surface area contributed by atoms with Gasteiger partial charge in [0.15, 0.2) is 0 Å². The zero-order chi connectivity index (χ0) is 18.7. The molecule has 1 aromatic carbocycles. The predicted octanol–water partition coefficient (Wildman–Crippen LogP) is 2.38. The molecule has 1 amide bonds. The molecule has 0 bridgehead atoms. The Balaban J connectivity index is 1.82. The highest BCUT2D eigenvalue weighted by molar-refractivity contribution is 7.26. The van der Waals surface area contributed by atoms with Gasteiger partial charge in [-0.25, -0.2) is 4.68 Å². The number of nitrogens with one attached hydrogen (secondary N) is 1. The van der Waals surface area contributed by atoms with Crippen LogP contribution < -0.4 is 10.9 Å². The van der Waals surface area contributed by atoms with E-state index in [0.29, 0.717) is 11.9 Å². The minimum absolute atomic E-state index is 0.0575. The Morgan fingerprint density at radius 1 is 1.27 bits per heavy atom. The van der Waals surface area contributed by atoms with Crippen LogP contribution in [0.3, 0.4) is 0 Å². The van der Waals surface area contributed by atoms with Gasteiger partial charge in [-0.15, -0.1) is 11.3 Å². The maximum absolute atomic E-state index is 12.9. The minimum Gasteiger partial charge on any atom is -0.353 e. The zero-order valence-electron chi connectivity index (χ0n) is 15.4. The number of rotatable bonds is 7. The van der Waals surface area contributed by atoms with Crippen LogP contribution in [0.4, 0.5) is 0 Å². The summed E-state index contributed by atoms with van der Waals surface area (Å²) in [5.74, 6) is -0.190. The third-order valence-corrected chi connectivity index (χ3v) is 5.86. The topological polar surface area (TPSA) is 67.2 Å². The number of carbonyl (C=O) groups is 1. The molecule has 0 radical (unpaired) electrons. The van der Waals surface area contributed by atoms with Gasteiger partial charge in [0.25, 0.3) is 5.56 Å². The fraction of sp³-hybridized carbons (Fsp3) is 0.421. The number of benzene rings is 1. The number of likely N-dealkylation sites (N-methyl/N-ethyl adjacent to an activating group) is 1. The van der Waals surface area contributed by atoms with Crippen molar-refractivity contribution in [3.05, 3.63) is 40.3 Å². The standard InChI is InChI=1S/C19H24N4O2S/c1-4-22(5-2)11-10-20-16(24)12-23-19(25)17-14-8-6-7-9-15(14)26-18(17)13(3)21-23/h6-9H,4-5,10-12H2,1-3H3,(H,20,24). The highest BCUT2D eigenvalue weighted by Crippen LogP contribution is 2.32. The summed E-state index contributed by atoms with van der Waals surface area (Å²) in [7, 11) is 0. The van der Waals surface area contributed by atoms with Gasteiger partial charge in [0.1, 0.15) is 6.54 Å². The highest BCUT2D eigenvalue weighted by atomic mass is 32.1. The predicted molar refractivity (Wildman–Crippen MR) is 107 cm³/mol. The van der Waals surface area contributed by atoms with Crippen LogP contribution in [-0.2, 0) is 11.3 Å². The molecule has 0 saturated carbocycles. The smallest absolute Gasteiger partial charge is 0.276 e. The van der Waals surface area contributed by atoms with Crippen molar-refractivity contribution in [1.29, 1.82) is 0 Å². The number of amides is 1. The van der Waals surface area contributed by atoms with Gasteiger partial charge in [0.05, 0.1) is 15.8 Å². The minimum atomic E-state index is -0.207. The van der Waals surface area contributed by atoms with E-state index < -0.39 is 0 Å². The Hall–Kier alpha value is -2.25. The maximum Gasteiger partial charge on any atom is 0.276 e. The molecule has 0 atom stereocenters. The fourth-order valence-electron chi connectivity index (χ4n) is 3.11. The van der Waals surface area contributed by atoms with Gasteiger partial charge in [0, 0.05) is 23.2 Å². The number of hydrogen-bond acceptors (Lipinski definition) is 5. The first-order valence-corrected chi connectivity index (χ1v) is 9.74. The van der Waals surface area contributed by atoms with Gasteiger partial charge in [0.2, 0.25) is 5.91 Å². The van der Waals surface area contributed by atoms with E-state index in [2.05, 4.69) is 29.2 Å². The van der Waals surface area contributed by atoms with Crippen LogP contribution in [-0.4, -0.2) is 46.8 Å². The highest BCUT2D eigenvalue weighted by Gasteiger charge is 2.15. The van der Waals surface area contributed by atoms with Crippen molar-refractivity contribution in [3.8, 4) is 0 Å². The molecule has 26 heavy (non-hydrogen) atoms. The number of hydrogen-bond donors (Lipinski definition) is 1. The Morgan fingerprint density at radius 3 is 2.73 bits per heavy atom. The number of aryl methyl sites for hydroxylation is 1. The summed E-state index contributed by atoms with van der Waals surface area (Å²) < 4.78 is 3.24. The normalized spacial score (nSPS) is 11.5. The Bertz CT molecular complexity index is 988. The van der Waals surface area contributed by atoms with Crippen molar-refractivity contribution in [2.75, 3.05) is 26.2 Å². The molecule has 0 unspecified atom stereocenters. The van der Waals surface area contributed by atoms with Crippen LogP contribution in [0.2, 0.25) is 0 Å². The van der Waals surface area contributed by atoms with Gasteiger partial charge in [-0.2, -0.15) is 5.10 Å². The molecule has 7 heteroatoms. The number of fused-ring (bicyclic) bond motifs is 3. The Morgan fingerprint density at radius 2 is 2.00 bits per heavy atom. The summed E-state index contributed by atoms with van der Waals surface area (Å²) >= 11 is 1.57. The molecule has 0 aliphatic carbocycles. The third kappa shape index (κ3) is 3.64. The van der Waals surface area contributed by atoms with Gasteiger partial charge in [-0.05, 0) is 26.1 Å². The van der Waals surface area contributed by atoms with E-state index in [0.717, 1.165) is 40.1 Å². The van der Waals surface area contributed by atoms with E-state index in [-0.39, 0.29) is 18.0 Å². The van der Waals surface area contributed by atoms with Gasteiger partial charge in [-0.1, -0.05) is 32.0 Å². The second-order valence-electron chi connectivity index (χ2n) is 6.23. The number of carbonyl (C=O) groups excluding carboxylic acids is 1. The van der Waals surface area contributed by atoms with Crippen LogP contribution in [0.25, 0.3) is 20.2 Å². The third-order valence-electron chi connectivity index (χ3n) is 4.58. The molecular formula is C19H24N4O2S. The summed E-state index contributed by atoms with van der Waals surface area (Å²) in [5.41, 5.74) is 0.568. The largest absolute Gasteiger partial charge is 0.353 e. The summed E-state index contributed by atoms with van der Waals surface area (Å²) in [6.45, 7) is 9.29. The summed E-state index contributed by atoms with van der Waals surface area (Å²) in [6.07, 6.45) is 0. The SMILES string of the molecule is CCN(CC)CCNC(=O)Cn1nc(C)c2sc3ccccc3c2c1=O. The van der Waals surface area contributed by atoms with Crippen molar-refractivity contribution in [1.82, 2.24) is 20.0 Å². The quantitative estimate of drug-likeness (QED) is 0.691. The Kier molecular flexibility index (Phi) is 5.68. The lowest BCUT2D eigenvalue weighted by Gasteiger charge is -2.18. The summed E-state index contributed by atoms with van der Waals surface area (Å²) in [4.78, 5) is 27.4. The van der Waals surface area contributed by atoms with Crippen LogP contribution in [0.5, 0.6) is 0 Å². The lowest BCUT2D eigenvalue weighted by atomic mass is 10.2. The molecule has 0 saturated heterocycles. The Labute approximate surface area is 156 Å². The van der Waals surface area contributed by atoms with Crippen molar-refractivity contribution in [3.63, 3.8) is 0 Å². The van der Waals surface area contributed by atoms with E-state index in [1.54, 1.807) is 11.3 Å². The van der Waals surface area contributed by atoms with Crippen molar-refractivity contribution in [2.24, 2.45) is 0 Å². The maximum atomic E-state index is 12.9. The summed E-state index contributed by atoms with van der Waals surface area (Å²) in [5, 5.41) is 8.82. The van der Waals surface area contributed by atoms with Crippen LogP contribution in [0.1, 0.15) is 19.5 Å². The van der Waals surface area contributed by atoms with Crippen molar-refractivity contribution in [2.45, 2.75) is 27.3 Å². The first-order valence-electron chi connectivity index (χ1n) is 8.93. The molecule has 138 valence electrons. The molecule has 1 N–H and O–H groups in total. The molecule has 0 fully saturated rings. The molecule has 0 aliphatic heterocycles. The van der Waals surface area contributed by atoms with E-state index in [4.69, 9.17) is 0 Å². The lowest BCUT2D eigenvalue weighted by Crippen LogP contribution is -2.38. The fourth-order valence-corrected chi connectivity index (χ4v) is 4.24. The lowest BCUT2D eigenvalue weighted by molar-refractivity contribution is -0.121. The molecular weight excluding hydrogens is 348 g/mol. The monoisotopic (exact) mass is 372 g/mol. The average Bonchev–Trinajstić information content (AvgIpc) is 3.03. The summed E-state index contributed by atoms with van der Waals surface area (Å²) in [6, 6.07) is 7.84. The van der Waals surface area contributed by atoms with Crippen LogP contribution >= 0.6 is 11.3 Å². The molecule has 2 aromatic heterocycles. The van der Waals surface area contributed by atoms with Gasteiger partial charge < -0.3 is 10.2 Å². The second kappa shape index (κ2) is 7.97. The van der Waals surface area contributed by atoms with Crippen molar-refractivity contribution >= 4 is 37.4 Å². The van der Waals surface area contributed by atoms with E-state index in [1.807, 2.05) is 31.2 Å². The van der Waals surface area contributed by atoms with E-state index >= 15 is 0 Å². The number of nitrogens with zero attached hydrogens (tertiary/aromatic N) is 3. The van der Waals surface area contributed by atoms with Crippen molar-refractivity contribution < 1.29 is 4.79 Å². The van der Waals surface area contributed by atoms with Crippen LogP contribution in [0, 0.1) is 6.92 Å². The number of aromatic nitrogens is 2. The molecule has 3 aromatic rings. The molecule has 0 aliphatic rings. The van der Waals surface area contributed by atoms with Crippen LogP contribution in [0.15, 0.2) is 29.1 Å². The number of thiophene rings is 1. The van der Waals surface area contributed by atoms with E-state index in [9.17, 15) is 9.59 Å². The van der Waals surface area contributed by atoms with Gasteiger partial charge in [-0.3, -0.25) is 9.59 Å². The van der Waals surface area contributed by atoms with Gasteiger partial charge >= 0.3 is 0 Å². The molecule has 2 heterocycles. The molecule has 6 nitrogen and oxygen atoms in total. The molecule has 3 rings (SSSR count). The van der Waals surface area contributed by atoms with E-state index in [1.165, 1.54) is 4.68 Å².